The predicted molar refractivity (Wildman–Crippen MR) is 152 cm³/mol. The molecular weight excluding hydrogens is 536 g/mol. The molecule has 2 amide bonds. The third-order valence-electron chi connectivity index (χ3n) is 7.79. The minimum absolute atomic E-state index is 0.0422. The van der Waals surface area contributed by atoms with Crippen LogP contribution in [0, 0.1) is 11.2 Å². The third kappa shape index (κ3) is 5.98. The number of halogens is 4. The first-order valence-corrected chi connectivity index (χ1v) is 13.6. The molecule has 1 fully saturated rings. The molecule has 3 aromatic carbocycles. The Hall–Kier alpha value is -3.79. The molecule has 1 spiro atoms. The van der Waals surface area contributed by atoms with E-state index in [9.17, 15) is 23.1 Å². The van der Waals surface area contributed by atoms with E-state index in [4.69, 9.17) is 0 Å². The van der Waals surface area contributed by atoms with Gasteiger partial charge < -0.3 is 25.5 Å². The second-order valence-electron chi connectivity index (χ2n) is 12.2. The van der Waals surface area contributed by atoms with Crippen molar-refractivity contribution in [3.8, 4) is 5.75 Å². The van der Waals surface area contributed by atoms with Crippen molar-refractivity contribution in [2.75, 3.05) is 41.7 Å². The first kappa shape index (κ1) is 28.7. The summed E-state index contributed by atoms with van der Waals surface area (Å²) in [5.41, 5.74) is 0.886. The monoisotopic (exact) mass is 570 g/mol. The first-order chi connectivity index (χ1) is 19.3. The molecule has 1 saturated heterocycles. The number of fused-ring (bicyclic) bond motifs is 2. The number of likely N-dealkylation sites (tertiary alicyclic amines) is 1. The van der Waals surface area contributed by atoms with E-state index in [0.717, 1.165) is 44.6 Å². The second kappa shape index (κ2) is 10.6. The zero-order valence-corrected chi connectivity index (χ0v) is 23.3. The van der Waals surface area contributed by atoms with Crippen LogP contribution in [-0.4, -0.2) is 42.2 Å². The van der Waals surface area contributed by atoms with Crippen LogP contribution >= 0.6 is 0 Å². The maximum absolute atomic E-state index is 15.5. The van der Waals surface area contributed by atoms with Crippen molar-refractivity contribution in [1.82, 2.24) is 4.90 Å². The molecule has 0 bridgehead atoms. The van der Waals surface area contributed by atoms with E-state index in [2.05, 4.69) is 36.3 Å². The van der Waals surface area contributed by atoms with E-state index in [1.165, 1.54) is 24.3 Å². The lowest BCUT2D eigenvalue weighted by Gasteiger charge is -2.42. The molecule has 0 atom stereocenters. The lowest BCUT2D eigenvalue weighted by Crippen LogP contribution is -2.47. The summed E-state index contributed by atoms with van der Waals surface area (Å²) in [5, 5.41) is 16.3. The van der Waals surface area contributed by atoms with Crippen LogP contribution in [0.4, 0.5) is 45.1 Å². The van der Waals surface area contributed by atoms with Gasteiger partial charge in [-0.2, -0.15) is 13.2 Å². The normalized spacial score (nSPS) is 17.0. The Morgan fingerprint density at radius 2 is 1.61 bits per heavy atom. The Balaban J connectivity index is 1.40. The molecule has 6 nitrogen and oxygen atoms in total. The first-order valence-electron chi connectivity index (χ1n) is 13.6. The van der Waals surface area contributed by atoms with Crippen molar-refractivity contribution in [3.05, 3.63) is 77.6 Å². The van der Waals surface area contributed by atoms with Gasteiger partial charge in [-0.05, 0) is 79.9 Å². The molecule has 218 valence electrons. The average Bonchev–Trinajstić information content (AvgIpc) is 3.23. The number of nitrogens with one attached hydrogen (secondary N) is 2. The lowest BCUT2D eigenvalue weighted by molar-refractivity contribution is -0.137. The molecule has 5 rings (SSSR count). The molecule has 10 heteroatoms. The molecule has 3 aromatic rings. The summed E-state index contributed by atoms with van der Waals surface area (Å²) in [7, 11) is 0. The van der Waals surface area contributed by atoms with E-state index in [-0.39, 0.29) is 22.7 Å². The average molecular weight is 571 g/mol. The molecule has 0 aromatic heterocycles. The Morgan fingerprint density at radius 1 is 0.951 bits per heavy atom. The SMILES string of the molecule is CC(C)(C)CN1CCC2(CC1)CN(c1ccccc1NC(=O)Nc1ccc(C(F)(F)F)cc1)c1c(O)ccc(F)c12. The number of rotatable bonds is 4. The molecule has 2 aliphatic heterocycles. The van der Waals surface area contributed by atoms with Crippen molar-refractivity contribution in [3.63, 3.8) is 0 Å². The number of nitrogens with zero attached hydrogens (tertiary/aromatic N) is 2. The zero-order valence-electron chi connectivity index (χ0n) is 23.3. The smallest absolute Gasteiger partial charge is 0.416 e. The van der Waals surface area contributed by atoms with Crippen LogP contribution in [0.2, 0.25) is 0 Å². The predicted octanol–water partition coefficient (Wildman–Crippen LogP) is 7.73. The highest BCUT2D eigenvalue weighted by Gasteiger charge is 2.48. The largest absolute Gasteiger partial charge is 0.506 e. The fraction of sp³-hybridized carbons (Fsp3) is 0.387. The number of carbonyl (C=O) groups excluding carboxylic acids is 1. The number of hydrogen-bond acceptors (Lipinski definition) is 4. The Morgan fingerprint density at radius 3 is 2.24 bits per heavy atom. The summed E-state index contributed by atoms with van der Waals surface area (Å²) in [6, 6.07) is 13.2. The van der Waals surface area contributed by atoms with Crippen molar-refractivity contribution < 1.29 is 27.5 Å². The van der Waals surface area contributed by atoms with Gasteiger partial charge in [0, 0.05) is 29.8 Å². The van der Waals surface area contributed by atoms with Gasteiger partial charge in [-0.1, -0.05) is 32.9 Å². The summed E-state index contributed by atoms with van der Waals surface area (Å²) in [6.45, 7) is 9.55. The van der Waals surface area contributed by atoms with Crippen LogP contribution in [-0.2, 0) is 11.6 Å². The highest BCUT2D eigenvalue weighted by atomic mass is 19.4. The number of aromatic hydroxyl groups is 1. The van der Waals surface area contributed by atoms with E-state index < -0.39 is 23.2 Å². The summed E-state index contributed by atoms with van der Waals surface area (Å²) in [4.78, 5) is 17.1. The number of amides is 2. The molecule has 2 heterocycles. The number of para-hydroxylation sites is 2. The number of benzene rings is 3. The van der Waals surface area contributed by atoms with Crippen molar-refractivity contribution in [1.29, 1.82) is 0 Å². The minimum atomic E-state index is -4.47. The van der Waals surface area contributed by atoms with Crippen molar-refractivity contribution in [2.24, 2.45) is 5.41 Å². The second-order valence-corrected chi connectivity index (χ2v) is 12.2. The summed E-state index contributed by atoms with van der Waals surface area (Å²) in [6.07, 6.45) is -3.04. The number of hydrogen-bond donors (Lipinski definition) is 3. The van der Waals surface area contributed by atoms with Gasteiger partial charge in [0.25, 0.3) is 0 Å². The minimum Gasteiger partial charge on any atom is -0.506 e. The lowest BCUT2D eigenvalue weighted by atomic mass is 9.73. The Kier molecular flexibility index (Phi) is 7.40. The van der Waals surface area contributed by atoms with Gasteiger partial charge in [0.05, 0.1) is 22.6 Å². The number of alkyl halides is 3. The number of phenols is 1. The molecular formula is C31H34F4N4O2. The Labute approximate surface area is 237 Å². The molecule has 0 saturated carbocycles. The van der Waals surface area contributed by atoms with Crippen molar-refractivity contribution in [2.45, 2.75) is 45.2 Å². The van der Waals surface area contributed by atoms with Crippen molar-refractivity contribution >= 4 is 28.8 Å². The number of phenolic OH excluding ortho intramolecular Hbond substituents is 1. The Bertz CT molecular complexity index is 1430. The van der Waals surface area contributed by atoms with Crippen LogP contribution in [0.15, 0.2) is 60.7 Å². The van der Waals surface area contributed by atoms with Crippen LogP contribution < -0.4 is 15.5 Å². The molecule has 0 radical (unpaired) electrons. The van der Waals surface area contributed by atoms with Gasteiger partial charge in [-0.15, -0.1) is 0 Å². The fourth-order valence-corrected chi connectivity index (χ4v) is 6.06. The maximum Gasteiger partial charge on any atom is 0.416 e. The standard InChI is InChI=1S/C31H34F4N4O2/c1-29(2,3)18-38-16-14-30(15-17-38)19-39(27-25(40)13-12-22(32)26(27)30)24-7-5-4-6-23(24)37-28(41)36-21-10-8-20(9-11-21)31(33,34)35/h4-13,40H,14-19H2,1-3H3,(H2,36,37,41). The number of anilines is 4. The quantitative estimate of drug-likeness (QED) is 0.281. The summed E-state index contributed by atoms with van der Waals surface area (Å²) >= 11 is 0. The molecule has 0 unspecified atom stereocenters. The van der Waals surface area contributed by atoms with Crippen LogP contribution in [0.25, 0.3) is 0 Å². The number of carbonyl (C=O) groups is 1. The molecule has 3 N–H and O–H groups in total. The van der Waals surface area contributed by atoms with E-state index in [1.807, 2.05) is 4.90 Å². The molecule has 41 heavy (non-hydrogen) atoms. The zero-order chi connectivity index (χ0) is 29.6. The maximum atomic E-state index is 15.5. The van der Waals surface area contributed by atoms with E-state index in [0.29, 0.717) is 29.2 Å². The highest BCUT2D eigenvalue weighted by Crippen LogP contribution is 2.55. The van der Waals surface area contributed by atoms with E-state index >= 15 is 4.39 Å². The van der Waals surface area contributed by atoms with Crippen LogP contribution in [0.1, 0.15) is 44.7 Å². The van der Waals surface area contributed by atoms with Crippen LogP contribution in [0.3, 0.4) is 0 Å². The summed E-state index contributed by atoms with van der Waals surface area (Å²) < 4.78 is 54.2. The van der Waals surface area contributed by atoms with Gasteiger partial charge >= 0.3 is 12.2 Å². The molecule has 0 aliphatic carbocycles. The number of urea groups is 1. The fourth-order valence-electron chi connectivity index (χ4n) is 6.06. The molecule has 2 aliphatic rings. The third-order valence-corrected chi connectivity index (χ3v) is 7.79. The van der Waals surface area contributed by atoms with Gasteiger partial charge in [-0.25, -0.2) is 9.18 Å². The van der Waals surface area contributed by atoms with Gasteiger partial charge in [0.15, 0.2) is 0 Å². The van der Waals surface area contributed by atoms with Gasteiger partial charge in [0.2, 0.25) is 0 Å². The van der Waals surface area contributed by atoms with Crippen LogP contribution in [0.5, 0.6) is 5.75 Å². The topological polar surface area (TPSA) is 67.8 Å². The van der Waals surface area contributed by atoms with Gasteiger partial charge in [0.1, 0.15) is 11.6 Å². The summed E-state index contributed by atoms with van der Waals surface area (Å²) in [5.74, 6) is -0.408. The van der Waals surface area contributed by atoms with Gasteiger partial charge in [-0.3, -0.25) is 0 Å². The number of piperidine rings is 1. The van der Waals surface area contributed by atoms with E-state index in [1.54, 1.807) is 24.3 Å². The highest BCUT2D eigenvalue weighted by molar-refractivity contribution is 6.02.